The number of ether oxygens (including phenoxy) is 1. The molecule has 2 N–H and O–H groups in total. The number of rotatable bonds is 4. The first kappa shape index (κ1) is 14.9. The Morgan fingerprint density at radius 3 is 1.20 bits per heavy atom. The van der Waals surface area contributed by atoms with Gasteiger partial charge in [0, 0.05) is 0 Å². The van der Waals surface area contributed by atoms with Crippen molar-refractivity contribution in [3.63, 3.8) is 0 Å². The van der Waals surface area contributed by atoms with Crippen molar-refractivity contribution in [2.75, 3.05) is 13.2 Å². The Labute approximate surface area is 93.5 Å². The second-order valence-corrected chi connectivity index (χ2v) is 6.21. The zero-order valence-corrected chi connectivity index (χ0v) is 10.9. The topological polar surface area (TPSA) is 49.7 Å². The van der Waals surface area contributed by atoms with E-state index in [4.69, 9.17) is 4.74 Å². The highest BCUT2D eigenvalue weighted by Crippen LogP contribution is 2.29. The molecule has 0 heterocycles. The summed E-state index contributed by atoms with van der Waals surface area (Å²) in [5, 5.41) is 18.5. The highest BCUT2D eigenvalue weighted by molar-refractivity contribution is 4.80. The van der Waals surface area contributed by atoms with Crippen LogP contribution in [0.4, 0.5) is 0 Å². The lowest BCUT2D eigenvalue weighted by atomic mass is 9.86. The largest absolute Gasteiger partial charge is 0.394 e. The van der Waals surface area contributed by atoms with Crippen LogP contribution in [-0.2, 0) is 4.74 Å². The highest BCUT2D eigenvalue weighted by atomic mass is 16.5. The van der Waals surface area contributed by atoms with E-state index in [0.717, 1.165) is 0 Å². The molecular weight excluding hydrogens is 192 g/mol. The Hall–Kier alpha value is -0.120. The van der Waals surface area contributed by atoms with Gasteiger partial charge in [0.2, 0.25) is 0 Å². The maximum absolute atomic E-state index is 9.27. The Morgan fingerprint density at radius 2 is 1.07 bits per heavy atom. The zero-order chi connectivity index (χ0) is 12.3. The quantitative estimate of drug-likeness (QED) is 0.756. The van der Waals surface area contributed by atoms with E-state index in [-0.39, 0.29) is 36.3 Å². The van der Waals surface area contributed by atoms with E-state index in [2.05, 4.69) is 0 Å². The lowest BCUT2D eigenvalue weighted by Gasteiger charge is -2.37. The molecule has 0 saturated carbocycles. The van der Waals surface area contributed by atoms with Crippen molar-refractivity contribution in [2.24, 2.45) is 10.8 Å². The smallest absolute Gasteiger partial charge is 0.0859 e. The van der Waals surface area contributed by atoms with Crippen molar-refractivity contribution in [3.8, 4) is 0 Å². The van der Waals surface area contributed by atoms with E-state index >= 15 is 0 Å². The van der Waals surface area contributed by atoms with Gasteiger partial charge in [0.05, 0.1) is 25.4 Å². The number of aliphatic hydroxyl groups is 2. The average Bonchev–Trinajstić information content (AvgIpc) is 2.01. The summed E-state index contributed by atoms with van der Waals surface area (Å²) in [7, 11) is 0. The predicted octanol–water partition coefficient (Wildman–Crippen LogP) is 1.82. The third-order valence-corrected chi connectivity index (χ3v) is 2.59. The van der Waals surface area contributed by atoms with E-state index in [0.29, 0.717) is 0 Å². The molecule has 3 heteroatoms. The molecule has 0 aromatic heterocycles. The van der Waals surface area contributed by atoms with Gasteiger partial charge >= 0.3 is 0 Å². The van der Waals surface area contributed by atoms with Crippen LogP contribution < -0.4 is 0 Å². The number of aliphatic hydroxyl groups excluding tert-OH is 2. The van der Waals surface area contributed by atoms with E-state index in [1.165, 1.54) is 0 Å². The highest BCUT2D eigenvalue weighted by Gasteiger charge is 2.32. The standard InChI is InChI=1S/C12H26O3/c1-11(2,3)9(7-13)15-10(8-14)12(4,5)6/h9-10,13-14H,7-8H2,1-6H3. The molecule has 2 unspecified atom stereocenters. The average molecular weight is 218 g/mol. The van der Waals surface area contributed by atoms with Gasteiger partial charge in [-0.25, -0.2) is 0 Å². The normalized spacial score (nSPS) is 17.6. The van der Waals surface area contributed by atoms with Crippen molar-refractivity contribution in [3.05, 3.63) is 0 Å². The molecule has 15 heavy (non-hydrogen) atoms. The first-order valence-electron chi connectivity index (χ1n) is 5.50. The minimum absolute atomic E-state index is 0.0178. The van der Waals surface area contributed by atoms with Gasteiger partial charge in [-0.05, 0) is 10.8 Å². The number of hydrogen-bond acceptors (Lipinski definition) is 3. The summed E-state index contributed by atoms with van der Waals surface area (Å²) < 4.78 is 5.78. The van der Waals surface area contributed by atoms with Crippen LogP contribution in [0.1, 0.15) is 41.5 Å². The molecular formula is C12H26O3. The molecule has 0 aromatic rings. The third-order valence-electron chi connectivity index (χ3n) is 2.59. The SMILES string of the molecule is CC(C)(C)C(CO)OC(CO)C(C)(C)C. The first-order chi connectivity index (χ1) is 6.62. The summed E-state index contributed by atoms with van der Waals surface area (Å²) in [5.74, 6) is 0. The van der Waals surface area contributed by atoms with Crippen LogP contribution in [0.5, 0.6) is 0 Å². The van der Waals surface area contributed by atoms with Gasteiger partial charge < -0.3 is 14.9 Å². The van der Waals surface area contributed by atoms with Crippen LogP contribution >= 0.6 is 0 Å². The lowest BCUT2D eigenvalue weighted by Crippen LogP contribution is -2.42. The van der Waals surface area contributed by atoms with E-state index in [1.54, 1.807) is 0 Å². The van der Waals surface area contributed by atoms with Gasteiger partial charge in [-0.15, -0.1) is 0 Å². The Morgan fingerprint density at radius 1 is 0.800 bits per heavy atom. The zero-order valence-electron chi connectivity index (χ0n) is 10.9. The molecule has 0 spiro atoms. The second-order valence-electron chi connectivity index (χ2n) is 6.21. The van der Waals surface area contributed by atoms with Crippen molar-refractivity contribution in [2.45, 2.75) is 53.8 Å². The summed E-state index contributed by atoms with van der Waals surface area (Å²) >= 11 is 0. The summed E-state index contributed by atoms with van der Waals surface area (Å²) in [6.07, 6.45) is -0.484. The lowest BCUT2D eigenvalue weighted by molar-refractivity contribution is -0.138. The van der Waals surface area contributed by atoms with Gasteiger partial charge in [-0.3, -0.25) is 0 Å². The third kappa shape index (κ3) is 4.96. The van der Waals surface area contributed by atoms with Gasteiger partial charge in [-0.1, -0.05) is 41.5 Å². The van der Waals surface area contributed by atoms with Crippen LogP contribution in [0.15, 0.2) is 0 Å². The van der Waals surface area contributed by atoms with Crippen LogP contribution in [0.2, 0.25) is 0 Å². The molecule has 0 radical (unpaired) electrons. The fourth-order valence-electron chi connectivity index (χ4n) is 1.24. The molecule has 0 rings (SSSR count). The van der Waals surface area contributed by atoms with Crippen molar-refractivity contribution < 1.29 is 14.9 Å². The van der Waals surface area contributed by atoms with Crippen molar-refractivity contribution >= 4 is 0 Å². The van der Waals surface area contributed by atoms with Gasteiger partial charge in [0.15, 0.2) is 0 Å². The molecule has 0 bridgehead atoms. The molecule has 92 valence electrons. The molecule has 0 aliphatic heterocycles. The maximum atomic E-state index is 9.27. The minimum atomic E-state index is -0.242. The fraction of sp³-hybridized carbons (Fsp3) is 1.00. The molecule has 2 atom stereocenters. The van der Waals surface area contributed by atoms with Crippen LogP contribution in [0.25, 0.3) is 0 Å². The Balaban J connectivity index is 4.52. The molecule has 0 aliphatic rings. The second kappa shape index (κ2) is 5.28. The van der Waals surface area contributed by atoms with Crippen molar-refractivity contribution in [1.82, 2.24) is 0 Å². The summed E-state index contributed by atoms with van der Waals surface area (Å²) in [6, 6.07) is 0. The molecule has 0 saturated heterocycles. The fourth-order valence-corrected chi connectivity index (χ4v) is 1.24. The molecule has 0 fully saturated rings. The summed E-state index contributed by atoms with van der Waals surface area (Å²) in [4.78, 5) is 0. The molecule has 3 nitrogen and oxygen atoms in total. The summed E-state index contributed by atoms with van der Waals surface area (Å²) in [5.41, 5.74) is -0.235. The van der Waals surface area contributed by atoms with E-state index < -0.39 is 0 Å². The Bertz CT molecular complexity index is 156. The molecule has 0 aliphatic carbocycles. The first-order valence-corrected chi connectivity index (χ1v) is 5.50. The van der Waals surface area contributed by atoms with Gasteiger partial charge in [-0.2, -0.15) is 0 Å². The predicted molar refractivity (Wildman–Crippen MR) is 61.7 cm³/mol. The van der Waals surface area contributed by atoms with Crippen LogP contribution in [0.3, 0.4) is 0 Å². The molecule has 0 aromatic carbocycles. The maximum Gasteiger partial charge on any atom is 0.0859 e. The van der Waals surface area contributed by atoms with Gasteiger partial charge in [0.25, 0.3) is 0 Å². The number of hydrogen-bond donors (Lipinski definition) is 2. The van der Waals surface area contributed by atoms with Crippen molar-refractivity contribution in [1.29, 1.82) is 0 Å². The van der Waals surface area contributed by atoms with Gasteiger partial charge in [0.1, 0.15) is 0 Å². The van der Waals surface area contributed by atoms with Crippen LogP contribution in [0, 0.1) is 10.8 Å². The van der Waals surface area contributed by atoms with Crippen LogP contribution in [-0.4, -0.2) is 35.6 Å². The molecule has 0 amide bonds. The Kier molecular flexibility index (Phi) is 5.24. The monoisotopic (exact) mass is 218 g/mol. The summed E-state index contributed by atoms with van der Waals surface area (Å²) in [6.45, 7) is 12.1. The van der Waals surface area contributed by atoms with E-state index in [9.17, 15) is 10.2 Å². The van der Waals surface area contributed by atoms with E-state index in [1.807, 2.05) is 41.5 Å². The minimum Gasteiger partial charge on any atom is -0.394 e.